The van der Waals surface area contributed by atoms with Crippen molar-refractivity contribution < 1.29 is 5.11 Å². The molecule has 6 heteroatoms. The van der Waals surface area contributed by atoms with Gasteiger partial charge in [0.2, 0.25) is 0 Å². The van der Waals surface area contributed by atoms with E-state index in [0.29, 0.717) is 12.1 Å². The Labute approximate surface area is 149 Å². The molecule has 0 amide bonds. The van der Waals surface area contributed by atoms with Crippen LogP contribution >= 0.6 is 0 Å². The lowest BCUT2D eigenvalue weighted by molar-refractivity contribution is 0.119. The van der Waals surface area contributed by atoms with Gasteiger partial charge in [-0.15, -0.1) is 0 Å². The molecule has 2 atom stereocenters. The second kappa shape index (κ2) is 7.64. The van der Waals surface area contributed by atoms with E-state index in [-0.39, 0.29) is 6.61 Å². The predicted molar refractivity (Wildman–Crippen MR) is 96.5 cm³/mol. The van der Waals surface area contributed by atoms with Crippen LogP contribution in [0.5, 0.6) is 0 Å². The first-order valence-electron chi connectivity index (χ1n) is 9.39. The van der Waals surface area contributed by atoms with Crippen molar-refractivity contribution in [3.05, 3.63) is 42.2 Å². The van der Waals surface area contributed by atoms with Crippen molar-refractivity contribution in [2.45, 2.75) is 44.3 Å². The zero-order chi connectivity index (χ0) is 17.1. The molecule has 2 aliphatic heterocycles. The summed E-state index contributed by atoms with van der Waals surface area (Å²) in [5, 5.41) is 18.6. The Kier molecular flexibility index (Phi) is 5.10. The number of likely N-dealkylation sites (tertiary alicyclic amines) is 2. The lowest BCUT2D eigenvalue weighted by Crippen LogP contribution is -2.43. The van der Waals surface area contributed by atoms with Gasteiger partial charge in [0.25, 0.3) is 0 Å². The molecule has 0 spiro atoms. The molecule has 134 valence electrons. The highest BCUT2D eigenvalue weighted by molar-refractivity contribution is 5.28. The van der Waals surface area contributed by atoms with Gasteiger partial charge in [0.15, 0.2) is 0 Å². The first-order chi connectivity index (χ1) is 12.3. The van der Waals surface area contributed by atoms with Crippen LogP contribution in [0.1, 0.15) is 31.4 Å². The smallest absolute Gasteiger partial charge is 0.0971 e. The summed E-state index contributed by atoms with van der Waals surface area (Å²) in [6, 6.07) is 11.0. The van der Waals surface area contributed by atoms with Gasteiger partial charge in [-0.2, -0.15) is 15.0 Å². The van der Waals surface area contributed by atoms with Gasteiger partial charge < -0.3 is 5.11 Å². The minimum absolute atomic E-state index is 0.290. The fourth-order valence-electron chi connectivity index (χ4n) is 4.18. The number of aliphatic hydroxyl groups is 1. The second-order valence-corrected chi connectivity index (χ2v) is 7.20. The third-order valence-electron chi connectivity index (χ3n) is 5.55. The summed E-state index contributed by atoms with van der Waals surface area (Å²) in [7, 11) is 0. The van der Waals surface area contributed by atoms with Crippen LogP contribution in [-0.2, 0) is 6.54 Å². The maximum Gasteiger partial charge on any atom is 0.0971 e. The van der Waals surface area contributed by atoms with Gasteiger partial charge in [0.1, 0.15) is 0 Å². The molecule has 0 saturated carbocycles. The average Bonchev–Trinajstić information content (AvgIpc) is 3.38. The Bertz CT molecular complexity index is 673. The van der Waals surface area contributed by atoms with Gasteiger partial charge in [0, 0.05) is 25.2 Å². The van der Waals surface area contributed by atoms with E-state index >= 15 is 0 Å². The highest BCUT2D eigenvalue weighted by atomic mass is 16.3. The van der Waals surface area contributed by atoms with Crippen LogP contribution in [0.4, 0.5) is 0 Å². The summed E-state index contributed by atoms with van der Waals surface area (Å²) in [6.45, 7) is 4.46. The van der Waals surface area contributed by atoms with Crippen LogP contribution in [-0.4, -0.2) is 68.2 Å². The molecule has 1 N–H and O–H groups in total. The summed E-state index contributed by atoms with van der Waals surface area (Å²) >= 11 is 0. The van der Waals surface area contributed by atoms with Crippen molar-refractivity contribution >= 4 is 0 Å². The lowest BCUT2D eigenvalue weighted by Gasteiger charge is -2.30. The Morgan fingerprint density at radius 1 is 1.00 bits per heavy atom. The molecule has 2 unspecified atom stereocenters. The van der Waals surface area contributed by atoms with Gasteiger partial charge in [0.05, 0.1) is 24.2 Å². The van der Waals surface area contributed by atoms with E-state index in [1.165, 1.54) is 19.3 Å². The molecule has 25 heavy (non-hydrogen) atoms. The van der Waals surface area contributed by atoms with Crippen molar-refractivity contribution in [2.75, 3.05) is 26.2 Å². The molecule has 0 bridgehead atoms. The topological polar surface area (TPSA) is 57.4 Å². The summed E-state index contributed by atoms with van der Waals surface area (Å²) in [6.07, 6.45) is 6.71. The molecule has 3 heterocycles. The van der Waals surface area contributed by atoms with Crippen LogP contribution in [0.15, 0.2) is 36.5 Å². The van der Waals surface area contributed by atoms with Gasteiger partial charge in [-0.05, 0) is 50.9 Å². The molecule has 0 radical (unpaired) electrons. The fraction of sp³-hybridized carbons (Fsp3) is 0.579. The Balaban J connectivity index is 1.39. The van der Waals surface area contributed by atoms with E-state index in [9.17, 15) is 5.11 Å². The molecule has 1 aromatic carbocycles. The van der Waals surface area contributed by atoms with Crippen molar-refractivity contribution in [1.82, 2.24) is 24.8 Å². The second-order valence-electron chi connectivity index (χ2n) is 7.20. The van der Waals surface area contributed by atoms with E-state index in [4.69, 9.17) is 0 Å². The first kappa shape index (κ1) is 16.7. The van der Waals surface area contributed by atoms with Crippen molar-refractivity contribution in [3.63, 3.8) is 0 Å². The third-order valence-corrected chi connectivity index (χ3v) is 5.55. The van der Waals surface area contributed by atoms with E-state index in [1.54, 1.807) is 4.80 Å². The normalized spacial score (nSPS) is 25.0. The molecule has 4 rings (SSSR count). The first-order valence-corrected chi connectivity index (χ1v) is 9.39. The standard InChI is InChI=1S/C19H27N5O/c25-15-19-9-5-11-23(19)14-18-8-4-10-22(18)13-16-12-20-24(21-16)17-6-2-1-3-7-17/h1-3,6-7,12,18-19,25H,4-5,8-11,13-15H2. The molecule has 2 aromatic rings. The van der Waals surface area contributed by atoms with Crippen LogP contribution in [0.25, 0.3) is 5.69 Å². The Morgan fingerprint density at radius 3 is 2.56 bits per heavy atom. The van der Waals surface area contributed by atoms with Crippen molar-refractivity contribution in [3.8, 4) is 5.69 Å². The average molecular weight is 341 g/mol. The molecule has 0 aliphatic carbocycles. The highest BCUT2D eigenvalue weighted by Gasteiger charge is 2.31. The number of para-hydroxylation sites is 1. The van der Waals surface area contributed by atoms with Crippen molar-refractivity contribution in [2.24, 2.45) is 0 Å². The number of benzene rings is 1. The van der Waals surface area contributed by atoms with E-state index in [0.717, 1.165) is 44.0 Å². The predicted octanol–water partition coefficient (Wildman–Crippen LogP) is 1.69. The third kappa shape index (κ3) is 3.76. The fourth-order valence-corrected chi connectivity index (χ4v) is 4.18. The molecule has 1 aromatic heterocycles. The van der Waals surface area contributed by atoms with Crippen LogP contribution in [0, 0.1) is 0 Å². The van der Waals surface area contributed by atoms with Crippen LogP contribution < -0.4 is 0 Å². The molecule has 2 fully saturated rings. The number of nitrogens with zero attached hydrogens (tertiary/aromatic N) is 5. The molecule has 2 aliphatic rings. The van der Waals surface area contributed by atoms with Gasteiger partial charge in [-0.3, -0.25) is 9.80 Å². The lowest BCUT2D eigenvalue weighted by atomic mass is 10.2. The largest absolute Gasteiger partial charge is 0.395 e. The van der Waals surface area contributed by atoms with Gasteiger partial charge in [-0.25, -0.2) is 0 Å². The number of hydrogen-bond acceptors (Lipinski definition) is 5. The summed E-state index contributed by atoms with van der Waals surface area (Å²) in [5.41, 5.74) is 2.02. The van der Waals surface area contributed by atoms with Crippen LogP contribution in [0.3, 0.4) is 0 Å². The van der Waals surface area contributed by atoms with Gasteiger partial charge in [-0.1, -0.05) is 18.2 Å². The summed E-state index contributed by atoms with van der Waals surface area (Å²) in [4.78, 5) is 6.72. The van der Waals surface area contributed by atoms with E-state index < -0.39 is 0 Å². The van der Waals surface area contributed by atoms with Crippen LogP contribution in [0.2, 0.25) is 0 Å². The molecule has 2 saturated heterocycles. The minimum Gasteiger partial charge on any atom is -0.395 e. The SMILES string of the molecule is OCC1CCCN1CC1CCCN1Cc1cnn(-c2ccccc2)n1. The summed E-state index contributed by atoms with van der Waals surface area (Å²) in [5.74, 6) is 0. The number of aliphatic hydroxyl groups excluding tert-OH is 1. The zero-order valence-electron chi connectivity index (χ0n) is 14.7. The summed E-state index contributed by atoms with van der Waals surface area (Å²) < 4.78 is 0. The quantitative estimate of drug-likeness (QED) is 0.866. The maximum absolute atomic E-state index is 9.55. The molecule has 6 nitrogen and oxygen atoms in total. The maximum atomic E-state index is 9.55. The molecular weight excluding hydrogens is 314 g/mol. The highest BCUT2D eigenvalue weighted by Crippen LogP contribution is 2.24. The number of aromatic nitrogens is 3. The van der Waals surface area contributed by atoms with Crippen molar-refractivity contribution in [1.29, 1.82) is 0 Å². The number of hydrogen-bond donors (Lipinski definition) is 1. The minimum atomic E-state index is 0.290. The van der Waals surface area contributed by atoms with E-state index in [2.05, 4.69) is 20.0 Å². The van der Waals surface area contributed by atoms with Gasteiger partial charge >= 0.3 is 0 Å². The Hall–Kier alpha value is -1.76. The number of rotatable bonds is 6. The zero-order valence-corrected chi connectivity index (χ0v) is 14.7. The monoisotopic (exact) mass is 341 g/mol. The Morgan fingerprint density at radius 2 is 1.76 bits per heavy atom. The van der Waals surface area contributed by atoms with E-state index in [1.807, 2.05) is 36.5 Å². The molecular formula is C19H27N5O.